The summed E-state index contributed by atoms with van der Waals surface area (Å²) in [6.07, 6.45) is 0.828. The number of benzene rings is 12. The van der Waals surface area contributed by atoms with Crippen molar-refractivity contribution in [3.05, 3.63) is 295 Å². The molecular weight excluding hydrogens is 943 g/mol. The molecular formula is C75H53N3. The number of para-hydroxylation sites is 4. The van der Waals surface area contributed by atoms with Gasteiger partial charge in [-0.1, -0.05) is 205 Å². The lowest BCUT2D eigenvalue weighted by atomic mass is 9.94. The summed E-state index contributed by atoms with van der Waals surface area (Å²) in [6, 6.07) is 101. The van der Waals surface area contributed by atoms with Crippen LogP contribution in [0.3, 0.4) is 0 Å². The second kappa shape index (κ2) is 18.4. The summed E-state index contributed by atoms with van der Waals surface area (Å²) < 4.78 is 7.32. The van der Waals surface area contributed by atoms with E-state index >= 15 is 0 Å². The topological polar surface area (TPSA) is 14.8 Å². The third-order valence-corrected chi connectivity index (χ3v) is 16.2. The Hall–Kier alpha value is -9.96. The van der Waals surface area contributed by atoms with E-state index in [9.17, 15) is 0 Å². The van der Waals surface area contributed by atoms with Gasteiger partial charge in [-0.25, -0.2) is 0 Å². The van der Waals surface area contributed by atoms with Gasteiger partial charge in [0, 0.05) is 54.9 Å². The molecule has 15 rings (SSSR count). The minimum absolute atomic E-state index is 0.828. The summed E-state index contributed by atoms with van der Waals surface area (Å²) in [4.78, 5) is 0. The van der Waals surface area contributed by atoms with Crippen molar-refractivity contribution >= 4 is 65.4 Å². The van der Waals surface area contributed by atoms with Crippen LogP contribution in [0.5, 0.6) is 0 Å². The molecule has 12 aromatic carbocycles. The third-order valence-electron chi connectivity index (χ3n) is 16.2. The van der Waals surface area contributed by atoms with Gasteiger partial charge in [-0.05, 0) is 149 Å². The zero-order valence-corrected chi connectivity index (χ0v) is 43.5. The number of aromatic nitrogens is 3. The van der Waals surface area contributed by atoms with E-state index in [0.717, 1.165) is 17.8 Å². The summed E-state index contributed by atoms with van der Waals surface area (Å²) in [6.45, 7) is 4.32. The highest BCUT2D eigenvalue weighted by molar-refractivity contribution is 6.15. The second-order valence-corrected chi connectivity index (χ2v) is 21.1. The van der Waals surface area contributed by atoms with Gasteiger partial charge in [0.05, 0.1) is 33.1 Å². The molecule has 0 aliphatic carbocycles. The average molecular weight is 996 g/mol. The molecule has 368 valence electrons. The first-order valence-electron chi connectivity index (χ1n) is 27.1. The average Bonchev–Trinajstić information content (AvgIpc) is 4.33. The van der Waals surface area contributed by atoms with E-state index in [2.05, 4.69) is 301 Å². The largest absolute Gasteiger partial charge is 0.309 e. The SMILES string of the molecule is Cc1ccc(-c2cccc(-n3c4ccccc4c4ccc(-c5ccc6c7ccccc7n(-c7ccc(-c8ccc(Cc9cc(-c%10cccc(C)c%10)c%10c(c9)c9ccccc9n%10-c9ccccc9)cc8)cc7)c6c5)cc43)c2)cc1. The Balaban J connectivity index is 0.767. The Labute approximate surface area is 453 Å². The van der Waals surface area contributed by atoms with Crippen molar-refractivity contribution < 1.29 is 0 Å². The molecule has 0 spiro atoms. The minimum Gasteiger partial charge on any atom is -0.309 e. The fraction of sp³-hybridized carbons (Fsp3) is 0.0400. The van der Waals surface area contributed by atoms with Gasteiger partial charge in [0.15, 0.2) is 0 Å². The van der Waals surface area contributed by atoms with Crippen molar-refractivity contribution in [3.63, 3.8) is 0 Å². The van der Waals surface area contributed by atoms with Crippen molar-refractivity contribution in [1.29, 1.82) is 0 Å². The Morgan fingerprint density at radius 1 is 0.244 bits per heavy atom. The molecule has 3 heteroatoms. The van der Waals surface area contributed by atoms with Gasteiger partial charge < -0.3 is 13.7 Å². The predicted octanol–water partition coefficient (Wildman–Crippen LogP) is 19.9. The van der Waals surface area contributed by atoms with Crippen molar-refractivity contribution in [2.75, 3.05) is 0 Å². The fourth-order valence-electron chi connectivity index (χ4n) is 12.4. The molecule has 0 atom stereocenters. The number of hydrogen-bond donors (Lipinski definition) is 0. The quantitative estimate of drug-likeness (QED) is 0.137. The van der Waals surface area contributed by atoms with Crippen LogP contribution in [0.15, 0.2) is 273 Å². The van der Waals surface area contributed by atoms with Crippen molar-refractivity contribution in [2.24, 2.45) is 0 Å². The van der Waals surface area contributed by atoms with E-state index < -0.39 is 0 Å². The summed E-state index contributed by atoms with van der Waals surface area (Å²) in [7, 11) is 0. The molecule has 78 heavy (non-hydrogen) atoms. The third kappa shape index (κ3) is 7.65. The van der Waals surface area contributed by atoms with E-state index in [0.29, 0.717) is 0 Å². The van der Waals surface area contributed by atoms with Crippen molar-refractivity contribution in [2.45, 2.75) is 20.3 Å². The van der Waals surface area contributed by atoms with Crippen LogP contribution in [0.1, 0.15) is 22.3 Å². The lowest BCUT2D eigenvalue weighted by Gasteiger charge is -2.14. The molecule has 0 aliphatic heterocycles. The highest BCUT2D eigenvalue weighted by Gasteiger charge is 2.20. The normalized spacial score (nSPS) is 11.8. The molecule has 3 nitrogen and oxygen atoms in total. The van der Waals surface area contributed by atoms with Crippen LogP contribution >= 0.6 is 0 Å². The van der Waals surface area contributed by atoms with Crippen LogP contribution in [0, 0.1) is 13.8 Å². The zero-order chi connectivity index (χ0) is 51.8. The van der Waals surface area contributed by atoms with Crippen LogP contribution in [-0.2, 0) is 6.42 Å². The van der Waals surface area contributed by atoms with Gasteiger partial charge >= 0.3 is 0 Å². The lowest BCUT2D eigenvalue weighted by Crippen LogP contribution is -1.97. The molecule has 0 unspecified atom stereocenters. The highest BCUT2D eigenvalue weighted by Crippen LogP contribution is 2.42. The summed E-state index contributed by atoms with van der Waals surface area (Å²) >= 11 is 0. The molecule has 0 saturated heterocycles. The number of aryl methyl sites for hydroxylation is 2. The predicted molar refractivity (Wildman–Crippen MR) is 330 cm³/mol. The van der Waals surface area contributed by atoms with Crippen LogP contribution < -0.4 is 0 Å². The number of rotatable bonds is 9. The number of hydrogen-bond acceptors (Lipinski definition) is 0. The molecule has 0 N–H and O–H groups in total. The monoisotopic (exact) mass is 995 g/mol. The van der Waals surface area contributed by atoms with E-state index in [1.54, 1.807) is 0 Å². The van der Waals surface area contributed by atoms with E-state index in [1.807, 2.05) is 0 Å². The summed E-state index contributed by atoms with van der Waals surface area (Å²) in [5.41, 5.74) is 25.4. The highest BCUT2D eigenvalue weighted by atomic mass is 15.0. The second-order valence-electron chi connectivity index (χ2n) is 21.1. The summed E-state index contributed by atoms with van der Waals surface area (Å²) in [5, 5.41) is 7.52. The molecule has 0 radical (unpaired) electrons. The molecule has 0 bridgehead atoms. The zero-order valence-electron chi connectivity index (χ0n) is 43.5. The Morgan fingerprint density at radius 3 is 1.35 bits per heavy atom. The molecule has 15 aromatic rings. The fourth-order valence-corrected chi connectivity index (χ4v) is 12.4. The van der Waals surface area contributed by atoms with Crippen LogP contribution in [-0.4, -0.2) is 13.7 Å². The lowest BCUT2D eigenvalue weighted by molar-refractivity contribution is 1.17. The van der Waals surface area contributed by atoms with E-state index in [4.69, 9.17) is 0 Å². The van der Waals surface area contributed by atoms with Gasteiger partial charge in [0.1, 0.15) is 0 Å². The van der Waals surface area contributed by atoms with Crippen molar-refractivity contribution in [1.82, 2.24) is 13.7 Å². The smallest absolute Gasteiger partial charge is 0.0619 e. The molecule has 0 fully saturated rings. The first kappa shape index (κ1) is 45.4. The molecule has 0 amide bonds. The molecule has 3 aromatic heterocycles. The Bertz CT molecular complexity index is 4800. The first-order chi connectivity index (χ1) is 38.5. The maximum absolute atomic E-state index is 2.44. The van der Waals surface area contributed by atoms with E-state index in [1.165, 1.54) is 138 Å². The van der Waals surface area contributed by atoms with Gasteiger partial charge in [-0.3, -0.25) is 0 Å². The number of fused-ring (bicyclic) bond motifs is 9. The van der Waals surface area contributed by atoms with E-state index in [-0.39, 0.29) is 0 Å². The van der Waals surface area contributed by atoms with Gasteiger partial charge in [0.25, 0.3) is 0 Å². The standard InChI is InChI=1S/C75H53N3/c1-49-26-30-55(31-27-49)56-15-13-19-62(46-56)77-71-24-10-7-21-64(71)67-41-37-58(48-74(67)77)57-36-40-66-63-20-6-9-23-70(63)76(73(66)47-57)61-38-34-54(35-39-61)53-32-28-51(29-33-53)43-52-44-68(59-16-12-14-50(2)42-59)75-69(45-52)65-22-8-11-25-72(65)78(75)60-17-4-3-5-18-60/h3-42,44-48H,43H2,1-2H3. The maximum Gasteiger partial charge on any atom is 0.0619 e. The van der Waals surface area contributed by atoms with Gasteiger partial charge in [0.2, 0.25) is 0 Å². The van der Waals surface area contributed by atoms with Crippen molar-refractivity contribution in [3.8, 4) is 61.6 Å². The van der Waals surface area contributed by atoms with Gasteiger partial charge in [-0.15, -0.1) is 0 Å². The molecule has 0 aliphatic rings. The van der Waals surface area contributed by atoms with Crippen LogP contribution in [0.2, 0.25) is 0 Å². The minimum atomic E-state index is 0.828. The van der Waals surface area contributed by atoms with Crippen LogP contribution in [0.4, 0.5) is 0 Å². The Kier molecular flexibility index (Phi) is 10.7. The van der Waals surface area contributed by atoms with Crippen LogP contribution in [0.25, 0.3) is 127 Å². The maximum atomic E-state index is 2.44. The molecule has 0 saturated carbocycles. The first-order valence-corrected chi connectivity index (χ1v) is 27.1. The number of nitrogens with zero attached hydrogens (tertiary/aromatic N) is 3. The summed E-state index contributed by atoms with van der Waals surface area (Å²) in [5.74, 6) is 0. The molecule has 3 heterocycles. The van der Waals surface area contributed by atoms with Gasteiger partial charge in [-0.2, -0.15) is 0 Å². The Morgan fingerprint density at radius 2 is 0.705 bits per heavy atom.